The molecule has 0 aliphatic carbocycles. The van der Waals surface area contributed by atoms with E-state index in [1.807, 2.05) is 6.20 Å². The van der Waals surface area contributed by atoms with E-state index in [0.29, 0.717) is 17.8 Å². The monoisotopic (exact) mass is 260 g/mol. The average Bonchev–Trinajstić information content (AvgIpc) is 3.02. The maximum atomic E-state index is 4.51. The van der Waals surface area contributed by atoms with Crippen molar-refractivity contribution in [3.05, 3.63) is 18.7 Å². The predicted molar refractivity (Wildman–Crippen MR) is 71.6 cm³/mol. The number of hydrogen-bond donors (Lipinski definition) is 2. The third-order valence-corrected chi connectivity index (χ3v) is 2.97. The number of rotatable bonds is 3. The van der Waals surface area contributed by atoms with E-state index in [1.54, 1.807) is 24.1 Å². The van der Waals surface area contributed by atoms with Gasteiger partial charge in [0.2, 0.25) is 17.8 Å². The van der Waals surface area contributed by atoms with Crippen LogP contribution < -0.4 is 15.5 Å². The van der Waals surface area contributed by atoms with Crippen molar-refractivity contribution >= 4 is 11.9 Å². The van der Waals surface area contributed by atoms with Gasteiger partial charge in [-0.05, 0) is 0 Å². The van der Waals surface area contributed by atoms with Gasteiger partial charge in [0, 0.05) is 45.6 Å². The fourth-order valence-electron chi connectivity index (χ4n) is 1.96. The molecule has 2 aromatic rings. The molecule has 8 nitrogen and oxygen atoms in total. The molecule has 0 atom stereocenters. The topological polar surface area (TPSA) is 83.8 Å². The molecule has 1 aliphatic heterocycles. The van der Waals surface area contributed by atoms with Crippen molar-refractivity contribution < 1.29 is 0 Å². The molecule has 1 aliphatic rings. The largest absolute Gasteiger partial charge is 0.357 e. The van der Waals surface area contributed by atoms with Gasteiger partial charge < -0.3 is 15.5 Å². The van der Waals surface area contributed by atoms with Gasteiger partial charge in [0.1, 0.15) is 6.33 Å². The fraction of sp³-hybridized carbons (Fsp3) is 0.455. The van der Waals surface area contributed by atoms with Gasteiger partial charge in [-0.3, -0.25) is 4.57 Å². The highest BCUT2D eigenvalue weighted by Crippen LogP contribution is 2.13. The van der Waals surface area contributed by atoms with E-state index in [-0.39, 0.29) is 0 Å². The Balaban J connectivity index is 1.97. The van der Waals surface area contributed by atoms with E-state index in [1.165, 1.54) is 0 Å². The minimum atomic E-state index is 0.562. The molecule has 0 saturated carbocycles. The van der Waals surface area contributed by atoms with Gasteiger partial charge in [0.25, 0.3) is 0 Å². The first kappa shape index (κ1) is 11.8. The van der Waals surface area contributed by atoms with Crippen LogP contribution in [-0.2, 0) is 0 Å². The van der Waals surface area contributed by atoms with Crippen LogP contribution in [0.3, 0.4) is 0 Å². The highest BCUT2D eigenvalue weighted by molar-refractivity contribution is 5.40. The number of hydrogen-bond acceptors (Lipinski definition) is 7. The number of imidazole rings is 1. The zero-order chi connectivity index (χ0) is 13.1. The van der Waals surface area contributed by atoms with Crippen molar-refractivity contribution in [1.29, 1.82) is 0 Å². The minimum absolute atomic E-state index is 0.562. The predicted octanol–water partition coefficient (Wildman–Crippen LogP) is -0.491. The Bertz CT molecular complexity index is 532. The summed E-state index contributed by atoms with van der Waals surface area (Å²) >= 11 is 0. The number of nitrogens with one attached hydrogen (secondary N) is 2. The highest BCUT2D eigenvalue weighted by atomic mass is 15.3. The van der Waals surface area contributed by atoms with Gasteiger partial charge >= 0.3 is 0 Å². The summed E-state index contributed by atoms with van der Waals surface area (Å²) in [6.45, 7) is 3.69. The molecule has 1 fully saturated rings. The molecule has 1 saturated heterocycles. The average molecular weight is 260 g/mol. The van der Waals surface area contributed by atoms with Crippen LogP contribution >= 0.6 is 0 Å². The molecule has 0 amide bonds. The second kappa shape index (κ2) is 5.19. The SMILES string of the molecule is CNc1nc(N2CCNCC2)nc(-n2ccnc2)n1. The molecule has 8 heteroatoms. The van der Waals surface area contributed by atoms with Crippen LogP contribution in [0.15, 0.2) is 18.7 Å². The van der Waals surface area contributed by atoms with E-state index in [4.69, 9.17) is 0 Å². The van der Waals surface area contributed by atoms with Gasteiger partial charge in [-0.2, -0.15) is 15.0 Å². The number of nitrogens with zero attached hydrogens (tertiary/aromatic N) is 6. The van der Waals surface area contributed by atoms with Crippen LogP contribution in [0.2, 0.25) is 0 Å². The van der Waals surface area contributed by atoms with Crippen molar-refractivity contribution in [1.82, 2.24) is 29.8 Å². The lowest BCUT2D eigenvalue weighted by Crippen LogP contribution is -2.44. The molecular weight excluding hydrogens is 244 g/mol. The summed E-state index contributed by atoms with van der Waals surface area (Å²) in [5, 5.41) is 6.28. The Hall–Kier alpha value is -2.22. The Morgan fingerprint density at radius 2 is 1.95 bits per heavy atom. The first-order valence-corrected chi connectivity index (χ1v) is 6.24. The molecule has 19 heavy (non-hydrogen) atoms. The van der Waals surface area contributed by atoms with Crippen LogP contribution in [0.5, 0.6) is 0 Å². The second-order valence-corrected chi connectivity index (χ2v) is 4.22. The van der Waals surface area contributed by atoms with Gasteiger partial charge in [-0.25, -0.2) is 4.98 Å². The third kappa shape index (κ3) is 2.48. The maximum absolute atomic E-state index is 4.51. The second-order valence-electron chi connectivity index (χ2n) is 4.22. The molecule has 0 unspecified atom stereocenters. The normalized spacial score (nSPS) is 15.5. The third-order valence-electron chi connectivity index (χ3n) is 2.97. The summed E-state index contributed by atoms with van der Waals surface area (Å²) in [6.07, 6.45) is 5.19. The molecule has 0 aromatic carbocycles. The van der Waals surface area contributed by atoms with Crippen LogP contribution in [0.25, 0.3) is 5.95 Å². The quantitative estimate of drug-likeness (QED) is 0.770. The first-order valence-electron chi connectivity index (χ1n) is 6.24. The molecule has 0 radical (unpaired) electrons. The van der Waals surface area contributed by atoms with E-state index in [0.717, 1.165) is 26.2 Å². The number of aromatic nitrogens is 5. The summed E-state index contributed by atoms with van der Waals surface area (Å²) in [5.74, 6) is 1.84. The number of anilines is 2. The standard InChI is InChI=1S/C11H16N8/c1-12-9-15-10(18-5-2-13-3-6-18)17-11(16-9)19-7-4-14-8-19/h4,7-8,13H,2-3,5-6H2,1H3,(H,12,15,16,17). The molecular formula is C11H16N8. The molecule has 3 heterocycles. The fourth-order valence-corrected chi connectivity index (χ4v) is 1.96. The van der Waals surface area contributed by atoms with Crippen molar-refractivity contribution in [3.8, 4) is 5.95 Å². The van der Waals surface area contributed by atoms with Gasteiger partial charge in [0.15, 0.2) is 0 Å². The van der Waals surface area contributed by atoms with Crippen molar-refractivity contribution in [3.63, 3.8) is 0 Å². The summed E-state index contributed by atoms with van der Waals surface area (Å²) in [5.41, 5.74) is 0. The Morgan fingerprint density at radius 1 is 1.16 bits per heavy atom. The molecule has 0 bridgehead atoms. The Kier molecular flexibility index (Phi) is 3.23. The maximum Gasteiger partial charge on any atom is 0.241 e. The summed E-state index contributed by atoms with van der Waals surface area (Å²) in [7, 11) is 1.80. The lowest BCUT2D eigenvalue weighted by molar-refractivity contribution is 0.578. The lowest BCUT2D eigenvalue weighted by Gasteiger charge is -2.27. The van der Waals surface area contributed by atoms with E-state index < -0.39 is 0 Å². The van der Waals surface area contributed by atoms with Crippen LogP contribution in [0.4, 0.5) is 11.9 Å². The Labute approximate surface area is 110 Å². The van der Waals surface area contributed by atoms with E-state index in [9.17, 15) is 0 Å². The van der Waals surface area contributed by atoms with Crippen molar-refractivity contribution in [2.75, 3.05) is 43.4 Å². The Morgan fingerprint density at radius 3 is 2.63 bits per heavy atom. The van der Waals surface area contributed by atoms with Gasteiger partial charge in [-0.1, -0.05) is 0 Å². The van der Waals surface area contributed by atoms with E-state index in [2.05, 4.69) is 35.5 Å². The van der Waals surface area contributed by atoms with Crippen LogP contribution in [0.1, 0.15) is 0 Å². The van der Waals surface area contributed by atoms with Crippen molar-refractivity contribution in [2.24, 2.45) is 0 Å². The molecule has 0 spiro atoms. The van der Waals surface area contributed by atoms with Crippen molar-refractivity contribution in [2.45, 2.75) is 0 Å². The molecule has 2 N–H and O–H groups in total. The van der Waals surface area contributed by atoms with E-state index >= 15 is 0 Å². The lowest BCUT2D eigenvalue weighted by atomic mass is 10.4. The summed E-state index contributed by atoms with van der Waals surface area (Å²) in [6, 6.07) is 0. The van der Waals surface area contributed by atoms with Crippen LogP contribution in [-0.4, -0.2) is 57.7 Å². The zero-order valence-electron chi connectivity index (χ0n) is 10.7. The van der Waals surface area contributed by atoms with Gasteiger partial charge in [0.05, 0.1) is 0 Å². The minimum Gasteiger partial charge on any atom is -0.357 e. The molecule has 3 rings (SSSR count). The number of piperazine rings is 1. The zero-order valence-corrected chi connectivity index (χ0v) is 10.7. The van der Waals surface area contributed by atoms with Gasteiger partial charge in [-0.15, -0.1) is 0 Å². The summed E-state index contributed by atoms with van der Waals surface area (Å²) < 4.78 is 1.77. The summed E-state index contributed by atoms with van der Waals surface area (Å²) in [4.78, 5) is 19.4. The smallest absolute Gasteiger partial charge is 0.241 e. The molecule has 100 valence electrons. The first-order chi connectivity index (χ1) is 9.36. The highest BCUT2D eigenvalue weighted by Gasteiger charge is 2.16. The molecule has 2 aromatic heterocycles. The van der Waals surface area contributed by atoms with Crippen LogP contribution in [0, 0.1) is 0 Å².